The fraction of sp³-hybridized carbons (Fsp3) is 0.698. The van der Waals surface area contributed by atoms with Crippen LogP contribution in [0.5, 0.6) is 0 Å². The molecule has 0 aliphatic rings. The van der Waals surface area contributed by atoms with Crippen LogP contribution in [-0.4, -0.2) is 37.2 Å². The molecular formula is C63H106O6. The molecule has 0 N–H and O–H groups in total. The van der Waals surface area contributed by atoms with Crippen LogP contribution in [0.25, 0.3) is 0 Å². The number of allylic oxidation sites excluding steroid dienone is 16. The Morgan fingerprint density at radius 2 is 0.623 bits per heavy atom. The van der Waals surface area contributed by atoms with Crippen molar-refractivity contribution < 1.29 is 28.6 Å². The number of unbranched alkanes of at least 4 members (excludes halogenated alkanes) is 25. The van der Waals surface area contributed by atoms with Crippen molar-refractivity contribution in [2.24, 2.45) is 0 Å². The molecule has 0 rings (SSSR count). The molecule has 0 bridgehead atoms. The molecule has 0 fully saturated rings. The van der Waals surface area contributed by atoms with Gasteiger partial charge in [0.2, 0.25) is 0 Å². The second-order valence-corrected chi connectivity index (χ2v) is 18.8. The van der Waals surface area contributed by atoms with Crippen molar-refractivity contribution in [3.8, 4) is 0 Å². The van der Waals surface area contributed by atoms with E-state index in [1.165, 1.54) is 116 Å². The van der Waals surface area contributed by atoms with E-state index in [1.807, 2.05) is 0 Å². The Morgan fingerprint density at radius 3 is 1.04 bits per heavy atom. The average Bonchev–Trinajstić information content (AvgIpc) is 3.35. The summed E-state index contributed by atoms with van der Waals surface area (Å²) in [5.41, 5.74) is 0. The molecule has 0 radical (unpaired) electrons. The molecule has 0 spiro atoms. The van der Waals surface area contributed by atoms with E-state index >= 15 is 0 Å². The van der Waals surface area contributed by atoms with Gasteiger partial charge in [-0.2, -0.15) is 0 Å². The summed E-state index contributed by atoms with van der Waals surface area (Å²) in [5.74, 6) is -1.00. The highest BCUT2D eigenvalue weighted by atomic mass is 16.6. The predicted molar refractivity (Wildman–Crippen MR) is 297 cm³/mol. The Balaban J connectivity index is 4.52. The topological polar surface area (TPSA) is 78.9 Å². The van der Waals surface area contributed by atoms with E-state index in [2.05, 4.69) is 118 Å². The number of carbonyl (C=O) groups excluding carboxylic acids is 3. The molecular weight excluding hydrogens is 853 g/mol. The lowest BCUT2D eigenvalue weighted by atomic mass is 10.1. The standard InChI is InChI=1S/C63H106O6/c1-4-7-10-13-16-19-22-25-28-31-33-35-38-41-44-47-50-53-56-62(65)68-59-60(58-67-61(64)55-52-49-46-43-40-37-34-30-27-24-21-18-15-12-9-6-3)69-63(66)57-54-51-48-45-42-39-36-32-29-26-23-20-17-14-11-8-5-2/h8,11,17,20,26,29-30,33-37,39-40,45,48,60H,4-7,9-10,12-16,18-19,21-25,27-28,31-32,38,41-44,46-47,49-59H2,1-3H3/b11-8-,20-17-,29-26-,34-30-,35-33-,39-36-,40-37-,48-45-. The number of hydrogen-bond acceptors (Lipinski definition) is 6. The first-order valence-corrected chi connectivity index (χ1v) is 28.8. The van der Waals surface area contributed by atoms with Gasteiger partial charge in [0.1, 0.15) is 13.2 Å². The summed E-state index contributed by atoms with van der Waals surface area (Å²) >= 11 is 0. The first kappa shape index (κ1) is 65.3. The van der Waals surface area contributed by atoms with Crippen LogP contribution in [0.1, 0.15) is 265 Å². The molecule has 0 aliphatic heterocycles. The Bertz CT molecular complexity index is 1380. The van der Waals surface area contributed by atoms with Gasteiger partial charge < -0.3 is 14.2 Å². The molecule has 0 amide bonds. The highest BCUT2D eigenvalue weighted by Crippen LogP contribution is 2.14. The van der Waals surface area contributed by atoms with Crippen LogP contribution in [0.3, 0.4) is 0 Å². The maximum absolute atomic E-state index is 12.8. The number of rotatable bonds is 51. The van der Waals surface area contributed by atoms with Crippen molar-refractivity contribution in [3.05, 3.63) is 97.2 Å². The van der Waals surface area contributed by atoms with E-state index in [9.17, 15) is 14.4 Å². The maximum Gasteiger partial charge on any atom is 0.306 e. The van der Waals surface area contributed by atoms with Gasteiger partial charge in [0.15, 0.2) is 6.10 Å². The monoisotopic (exact) mass is 959 g/mol. The maximum atomic E-state index is 12.8. The van der Waals surface area contributed by atoms with E-state index in [0.29, 0.717) is 19.3 Å². The molecule has 0 saturated carbocycles. The molecule has 0 aromatic carbocycles. The Kier molecular flexibility index (Phi) is 53.9. The molecule has 394 valence electrons. The van der Waals surface area contributed by atoms with Crippen molar-refractivity contribution in [2.45, 2.75) is 271 Å². The van der Waals surface area contributed by atoms with Gasteiger partial charge in [0.25, 0.3) is 0 Å². The SMILES string of the molecule is CC/C=C\C/C=C\C/C=C\C/C=C\C/C=C\CCCC(=O)OC(COC(=O)CCCCC/C=C\C=C/CCCCCCCCC)COC(=O)CCCCCCC/C=C\CCCCCCCCCCC. The van der Waals surface area contributed by atoms with E-state index in [4.69, 9.17) is 14.2 Å². The Morgan fingerprint density at radius 1 is 0.319 bits per heavy atom. The van der Waals surface area contributed by atoms with Crippen molar-refractivity contribution in [1.82, 2.24) is 0 Å². The van der Waals surface area contributed by atoms with Crippen LogP contribution in [0, 0.1) is 0 Å². The van der Waals surface area contributed by atoms with Crippen LogP contribution >= 0.6 is 0 Å². The number of esters is 3. The van der Waals surface area contributed by atoms with E-state index < -0.39 is 6.10 Å². The summed E-state index contributed by atoms with van der Waals surface area (Å²) in [4.78, 5) is 38.1. The number of hydrogen-bond donors (Lipinski definition) is 0. The fourth-order valence-corrected chi connectivity index (χ4v) is 7.76. The third-order valence-electron chi connectivity index (χ3n) is 12.1. The third kappa shape index (κ3) is 55.1. The molecule has 6 heteroatoms. The van der Waals surface area contributed by atoms with Gasteiger partial charge in [-0.3, -0.25) is 14.4 Å². The smallest absolute Gasteiger partial charge is 0.306 e. The summed E-state index contributed by atoms with van der Waals surface area (Å²) in [7, 11) is 0. The van der Waals surface area contributed by atoms with Crippen molar-refractivity contribution in [1.29, 1.82) is 0 Å². The third-order valence-corrected chi connectivity index (χ3v) is 12.1. The highest BCUT2D eigenvalue weighted by molar-refractivity contribution is 5.71. The van der Waals surface area contributed by atoms with Gasteiger partial charge in [-0.25, -0.2) is 0 Å². The lowest BCUT2D eigenvalue weighted by molar-refractivity contribution is -0.167. The second-order valence-electron chi connectivity index (χ2n) is 18.8. The lowest BCUT2D eigenvalue weighted by Crippen LogP contribution is -2.30. The number of carbonyl (C=O) groups is 3. The van der Waals surface area contributed by atoms with E-state index in [1.54, 1.807) is 0 Å². The van der Waals surface area contributed by atoms with Crippen molar-refractivity contribution in [3.63, 3.8) is 0 Å². The molecule has 69 heavy (non-hydrogen) atoms. The predicted octanol–water partition coefficient (Wildman–Crippen LogP) is 19.3. The van der Waals surface area contributed by atoms with Crippen LogP contribution in [0.15, 0.2) is 97.2 Å². The molecule has 1 atom stereocenters. The normalized spacial score (nSPS) is 12.8. The zero-order valence-electron chi connectivity index (χ0n) is 45.0. The molecule has 6 nitrogen and oxygen atoms in total. The largest absolute Gasteiger partial charge is 0.462 e. The molecule has 0 aromatic heterocycles. The lowest BCUT2D eigenvalue weighted by Gasteiger charge is -2.18. The summed E-state index contributed by atoms with van der Waals surface area (Å²) in [5, 5.41) is 0. The van der Waals surface area contributed by atoms with Gasteiger partial charge >= 0.3 is 17.9 Å². The van der Waals surface area contributed by atoms with Crippen LogP contribution in [-0.2, 0) is 28.6 Å². The highest BCUT2D eigenvalue weighted by Gasteiger charge is 2.19. The number of ether oxygens (including phenoxy) is 3. The molecule has 0 saturated heterocycles. The van der Waals surface area contributed by atoms with Crippen LogP contribution in [0.4, 0.5) is 0 Å². The second kappa shape index (κ2) is 56.9. The van der Waals surface area contributed by atoms with Crippen LogP contribution in [0.2, 0.25) is 0 Å². The van der Waals surface area contributed by atoms with Gasteiger partial charge in [-0.1, -0.05) is 234 Å². The van der Waals surface area contributed by atoms with Gasteiger partial charge in [0.05, 0.1) is 0 Å². The first-order valence-electron chi connectivity index (χ1n) is 28.8. The van der Waals surface area contributed by atoms with Crippen LogP contribution < -0.4 is 0 Å². The minimum Gasteiger partial charge on any atom is -0.462 e. The summed E-state index contributed by atoms with van der Waals surface area (Å²) in [6.45, 7) is 6.45. The molecule has 0 aromatic rings. The molecule has 1 unspecified atom stereocenters. The van der Waals surface area contributed by atoms with Gasteiger partial charge in [-0.15, -0.1) is 0 Å². The van der Waals surface area contributed by atoms with Gasteiger partial charge in [-0.05, 0) is 109 Å². The fourth-order valence-electron chi connectivity index (χ4n) is 7.76. The van der Waals surface area contributed by atoms with Gasteiger partial charge in [0, 0.05) is 19.3 Å². The first-order chi connectivity index (χ1) is 34.0. The quantitative estimate of drug-likeness (QED) is 0.0199. The summed E-state index contributed by atoms with van der Waals surface area (Å²) < 4.78 is 16.8. The summed E-state index contributed by atoms with van der Waals surface area (Å²) in [6, 6.07) is 0. The minimum absolute atomic E-state index is 0.113. The Hall–Kier alpha value is -3.67. The summed E-state index contributed by atoms with van der Waals surface area (Å²) in [6.07, 6.45) is 75.5. The molecule has 0 aliphatic carbocycles. The van der Waals surface area contributed by atoms with Crippen molar-refractivity contribution in [2.75, 3.05) is 13.2 Å². The molecule has 0 heterocycles. The Labute approximate surface area is 426 Å². The van der Waals surface area contributed by atoms with E-state index in [-0.39, 0.29) is 37.5 Å². The zero-order chi connectivity index (χ0) is 50.0. The zero-order valence-corrected chi connectivity index (χ0v) is 45.0. The van der Waals surface area contributed by atoms with E-state index in [0.717, 1.165) is 103 Å². The average molecular weight is 960 g/mol. The minimum atomic E-state index is -0.823. The van der Waals surface area contributed by atoms with Crippen molar-refractivity contribution >= 4 is 17.9 Å².